The molecule has 1 unspecified atom stereocenters. The molecular formula is C17H21N3. The van der Waals surface area contributed by atoms with Crippen molar-refractivity contribution in [3.8, 4) is 0 Å². The van der Waals surface area contributed by atoms with E-state index < -0.39 is 0 Å². The second-order valence-electron chi connectivity index (χ2n) is 6.11. The van der Waals surface area contributed by atoms with Gasteiger partial charge >= 0.3 is 0 Å². The van der Waals surface area contributed by atoms with Gasteiger partial charge < -0.3 is 10.2 Å². The van der Waals surface area contributed by atoms with Crippen molar-refractivity contribution in [3.63, 3.8) is 0 Å². The summed E-state index contributed by atoms with van der Waals surface area (Å²) < 4.78 is 0. The van der Waals surface area contributed by atoms with Crippen molar-refractivity contribution >= 4 is 16.6 Å². The van der Waals surface area contributed by atoms with Crippen LogP contribution in [-0.2, 0) is 0 Å². The lowest BCUT2D eigenvalue weighted by atomic mass is 10.0. The second-order valence-corrected chi connectivity index (χ2v) is 6.11. The van der Waals surface area contributed by atoms with Crippen LogP contribution in [-0.4, -0.2) is 30.2 Å². The number of pyridine rings is 1. The summed E-state index contributed by atoms with van der Waals surface area (Å²) in [4.78, 5) is 7.08. The molecular weight excluding hydrogens is 246 g/mol. The van der Waals surface area contributed by atoms with Gasteiger partial charge in [0.15, 0.2) is 0 Å². The van der Waals surface area contributed by atoms with Crippen LogP contribution in [0.1, 0.15) is 25.7 Å². The third-order valence-corrected chi connectivity index (χ3v) is 4.41. The van der Waals surface area contributed by atoms with Gasteiger partial charge in [0.25, 0.3) is 0 Å². The number of hydrogen-bond donors (Lipinski definition) is 1. The smallest absolute Gasteiger partial charge is 0.0703 e. The van der Waals surface area contributed by atoms with E-state index in [1.165, 1.54) is 36.8 Å². The highest BCUT2D eigenvalue weighted by atomic mass is 15.2. The van der Waals surface area contributed by atoms with Crippen LogP contribution in [0.4, 0.5) is 5.69 Å². The molecule has 1 aromatic carbocycles. The monoisotopic (exact) mass is 267 g/mol. The summed E-state index contributed by atoms with van der Waals surface area (Å²) in [6.45, 7) is 2.28. The molecule has 0 spiro atoms. The summed E-state index contributed by atoms with van der Waals surface area (Å²) in [5.41, 5.74) is 2.35. The molecule has 1 saturated heterocycles. The molecule has 20 heavy (non-hydrogen) atoms. The molecule has 3 nitrogen and oxygen atoms in total. The Bertz CT molecular complexity index is 606. The van der Waals surface area contributed by atoms with Gasteiger partial charge in [0.05, 0.1) is 17.4 Å². The molecule has 0 radical (unpaired) electrons. The first-order chi connectivity index (χ1) is 9.88. The van der Waals surface area contributed by atoms with E-state index in [0.29, 0.717) is 6.04 Å². The Hall–Kier alpha value is -1.61. The molecule has 4 rings (SSSR count). The van der Waals surface area contributed by atoms with Crippen LogP contribution in [0.15, 0.2) is 36.5 Å². The molecule has 2 aliphatic rings. The largest absolute Gasteiger partial charge is 0.369 e. The Morgan fingerprint density at radius 3 is 2.90 bits per heavy atom. The lowest BCUT2D eigenvalue weighted by Gasteiger charge is -2.35. The lowest BCUT2D eigenvalue weighted by molar-refractivity contribution is 0.420. The highest BCUT2D eigenvalue weighted by Gasteiger charge is 2.27. The Balaban J connectivity index is 1.54. The van der Waals surface area contributed by atoms with Gasteiger partial charge in [0.1, 0.15) is 0 Å². The van der Waals surface area contributed by atoms with Crippen molar-refractivity contribution in [1.29, 1.82) is 0 Å². The zero-order valence-electron chi connectivity index (χ0n) is 11.8. The summed E-state index contributed by atoms with van der Waals surface area (Å²) in [6.07, 6.45) is 7.36. The lowest BCUT2D eigenvalue weighted by Crippen LogP contribution is -2.46. The third-order valence-electron chi connectivity index (χ3n) is 4.41. The maximum absolute atomic E-state index is 4.59. The number of hydrogen-bond acceptors (Lipinski definition) is 3. The number of benzene rings is 1. The van der Waals surface area contributed by atoms with Gasteiger partial charge in [-0.1, -0.05) is 18.2 Å². The number of aromatic nitrogens is 1. The first-order valence-corrected chi connectivity index (χ1v) is 7.74. The van der Waals surface area contributed by atoms with E-state index in [2.05, 4.69) is 39.5 Å². The van der Waals surface area contributed by atoms with E-state index in [0.717, 1.165) is 24.6 Å². The fraction of sp³-hybridized carbons (Fsp3) is 0.471. The predicted octanol–water partition coefficient (Wildman–Crippen LogP) is 2.96. The van der Waals surface area contributed by atoms with Gasteiger partial charge in [-0.15, -0.1) is 0 Å². The van der Waals surface area contributed by atoms with E-state index in [1.807, 2.05) is 12.3 Å². The van der Waals surface area contributed by atoms with E-state index in [4.69, 9.17) is 0 Å². The number of piperidine rings is 1. The maximum atomic E-state index is 4.59. The van der Waals surface area contributed by atoms with E-state index in [-0.39, 0.29) is 0 Å². The summed E-state index contributed by atoms with van der Waals surface area (Å²) in [6, 6.07) is 12.1. The molecule has 2 fully saturated rings. The minimum absolute atomic E-state index is 0.655. The average Bonchev–Trinajstić information content (AvgIpc) is 3.31. The first-order valence-electron chi connectivity index (χ1n) is 7.74. The van der Waals surface area contributed by atoms with Gasteiger partial charge in [-0.25, -0.2) is 0 Å². The van der Waals surface area contributed by atoms with Gasteiger partial charge in [0, 0.05) is 30.6 Å². The fourth-order valence-electron chi connectivity index (χ4n) is 3.16. The van der Waals surface area contributed by atoms with Crippen LogP contribution in [0.25, 0.3) is 10.9 Å². The highest BCUT2D eigenvalue weighted by Crippen LogP contribution is 2.25. The Morgan fingerprint density at radius 2 is 2.00 bits per heavy atom. The van der Waals surface area contributed by atoms with E-state index >= 15 is 0 Å². The number of nitrogens with zero attached hydrogens (tertiary/aromatic N) is 2. The molecule has 2 aromatic rings. The maximum Gasteiger partial charge on any atom is 0.0703 e. The quantitative estimate of drug-likeness (QED) is 0.926. The van der Waals surface area contributed by atoms with Gasteiger partial charge in [-0.05, 0) is 37.8 Å². The zero-order valence-corrected chi connectivity index (χ0v) is 11.8. The van der Waals surface area contributed by atoms with Crippen molar-refractivity contribution in [2.24, 2.45) is 0 Å². The number of para-hydroxylation sites is 1. The third kappa shape index (κ3) is 2.50. The Labute approximate surface area is 120 Å². The average molecular weight is 267 g/mol. The van der Waals surface area contributed by atoms with Gasteiger partial charge in [-0.2, -0.15) is 0 Å². The molecule has 1 saturated carbocycles. The summed E-state index contributed by atoms with van der Waals surface area (Å²) >= 11 is 0. The van der Waals surface area contributed by atoms with Crippen LogP contribution in [0, 0.1) is 0 Å². The standard InChI is InChI=1S/C17H21N3/c1-2-6-17-13(4-1)10-16(11-18-17)20-9-3-5-15(12-20)19-14-7-8-14/h1-2,4,6,10-11,14-15,19H,3,5,7-9,12H2. The summed E-state index contributed by atoms with van der Waals surface area (Å²) in [5.74, 6) is 0. The molecule has 1 N–H and O–H groups in total. The first kappa shape index (κ1) is 12.2. The van der Waals surface area contributed by atoms with Crippen molar-refractivity contribution in [2.75, 3.05) is 18.0 Å². The minimum Gasteiger partial charge on any atom is -0.369 e. The van der Waals surface area contributed by atoms with Crippen LogP contribution >= 0.6 is 0 Å². The summed E-state index contributed by atoms with van der Waals surface area (Å²) in [5, 5.41) is 5.01. The number of fused-ring (bicyclic) bond motifs is 1. The SMILES string of the molecule is c1ccc2ncc(N3CCCC(NC4CC4)C3)cc2c1. The normalized spacial score (nSPS) is 23.2. The topological polar surface area (TPSA) is 28.2 Å². The minimum atomic E-state index is 0.655. The number of anilines is 1. The van der Waals surface area contributed by atoms with Crippen LogP contribution < -0.4 is 10.2 Å². The molecule has 1 atom stereocenters. The van der Waals surface area contributed by atoms with E-state index in [1.54, 1.807) is 0 Å². The molecule has 3 heteroatoms. The Kier molecular flexibility index (Phi) is 3.07. The van der Waals surface area contributed by atoms with Gasteiger partial charge in [0.2, 0.25) is 0 Å². The van der Waals surface area contributed by atoms with Crippen molar-refractivity contribution in [2.45, 2.75) is 37.8 Å². The summed E-state index contributed by atoms with van der Waals surface area (Å²) in [7, 11) is 0. The molecule has 0 bridgehead atoms. The molecule has 1 aromatic heterocycles. The van der Waals surface area contributed by atoms with E-state index in [9.17, 15) is 0 Å². The van der Waals surface area contributed by atoms with Crippen LogP contribution in [0.5, 0.6) is 0 Å². The second kappa shape index (κ2) is 5.06. The predicted molar refractivity (Wildman–Crippen MR) is 83.1 cm³/mol. The molecule has 0 amide bonds. The molecule has 104 valence electrons. The molecule has 1 aliphatic heterocycles. The van der Waals surface area contributed by atoms with Gasteiger partial charge in [-0.3, -0.25) is 4.98 Å². The van der Waals surface area contributed by atoms with Crippen LogP contribution in [0.2, 0.25) is 0 Å². The van der Waals surface area contributed by atoms with Crippen LogP contribution in [0.3, 0.4) is 0 Å². The number of rotatable bonds is 3. The highest BCUT2D eigenvalue weighted by molar-refractivity contribution is 5.81. The number of nitrogens with one attached hydrogen (secondary N) is 1. The van der Waals surface area contributed by atoms with Crippen molar-refractivity contribution < 1.29 is 0 Å². The van der Waals surface area contributed by atoms with Crippen molar-refractivity contribution in [1.82, 2.24) is 10.3 Å². The molecule has 1 aliphatic carbocycles. The van der Waals surface area contributed by atoms with Crippen molar-refractivity contribution in [3.05, 3.63) is 36.5 Å². The Morgan fingerprint density at radius 1 is 1.10 bits per heavy atom. The zero-order chi connectivity index (χ0) is 13.4. The molecule has 2 heterocycles. The fourth-order valence-corrected chi connectivity index (χ4v) is 3.16.